The minimum atomic E-state index is -0.221. The van der Waals surface area contributed by atoms with Crippen molar-refractivity contribution < 1.29 is 9.59 Å². The Bertz CT molecular complexity index is 1570. The first-order chi connectivity index (χ1) is 19.0. The third kappa shape index (κ3) is 4.77. The maximum absolute atomic E-state index is 13.6. The van der Waals surface area contributed by atoms with Crippen LogP contribution in [-0.2, 0) is 4.79 Å². The van der Waals surface area contributed by atoms with E-state index in [4.69, 9.17) is 0 Å². The highest BCUT2D eigenvalue weighted by Crippen LogP contribution is 2.42. The predicted molar refractivity (Wildman–Crippen MR) is 156 cm³/mol. The number of piperidine rings is 1. The molecule has 0 radical (unpaired) electrons. The largest absolute Gasteiger partial charge is 0.358 e. The summed E-state index contributed by atoms with van der Waals surface area (Å²) < 4.78 is 0. The van der Waals surface area contributed by atoms with E-state index in [1.807, 2.05) is 55.5 Å². The molecule has 1 saturated heterocycles. The van der Waals surface area contributed by atoms with Crippen LogP contribution in [0.25, 0.3) is 22.8 Å². The molecule has 0 spiro atoms. The number of anilines is 2. The molecular weight excluding hydrogens is 486 g/mol. The highest BCUT2D eigenvalue weighted by molar-refractivity contribution is 6.35. The second-order valence-electron chi connectivity index (χ2n) is 10.3. The second-order valence-corrected chi connectivity index (χ2v) is 10.3. The van der Waals surface area contributed by atoms with Crippen molar-refractivity contribution in [2.75, 3.05) is 30.8 Å². The number of carbonyl (C=O) groups excluding carboxylic acids is 2. The van der Waals surface area contributed by atoms with Crippen molar-refractivity contribution >= 4 is 34.8 Å². The van der Waals surface area contributed by atoms with Gasteiger partial charge in [-0.15, -0.1) is 0 Å². The summed E-state index contributed by atoms with van der Waals surface area (Å²) in [4.78, 5) is 36.7. The molecule has 0 atom stereocenters. The number of pyridine rings is 1. The summed E-state index contributed by atoms with van der Waals surface area (Å²) >= 11 is 0. The number of amides is 2. The first kappa shape index (κ1) is 24.8. The summed E-state index contributed by atoms with van der Waals surface area (Å²) in [5, 5.41) is 6.07. The van der Waals surface area contributed by atoms with Gasteiger partial charge in [0.25, 0.3) is 11.8 Å². The Kier molecular flexibility index (Phi) is 6.59. The van der Waals surface area contributed by atoms with E-state index in [2.05, 4.69) is 38.6 Å². The molecule has 1 fully saturated rings. The molecule has 7 heteroatoms. The van der Waals surface area contributed by atoms with E-state index in [1.165, 1.54) is 5.56 Å². The molecule has 2 aliphatic rings. The van der Waals surface area contributed by atoms with Gasteiger partial charge in [-0.3, -0.25) is 14.6 Å². The Morgan fingerprint density at radius 1 is 1.00 bits per heavy atom. The van der Waals surface area contributed by atoms with E-state index < -0.39 is 0 Å². The highest BCUT2D eigenvalue weighted by atomic mass is 16.2. The van der Waals surface area contributed by atoms with Gasteiger partial charge >= 0.3 is 0 Å². The summed E-state index contributed by atoms with van der Waals surface area (Å²) in [6, 6.07) is 19.5. The normalized spacial score (nSPS) is 16.8. The third-order valence-corrected chi connectivity index (χ3v) is 7.75. The second kappa shape index (κ2) is 10.3. The molecule has 2 amide bonds. The van der Waals surface area contributed by atoms with Gasteiger partial charge in [0.15, 0.2) is 0 Å². The van der Waals surface area contributed by atoms with Crippen LogP contribution in [-0.4, -0.2) is 46.8 Å². The number of nitrogens with one attached hydrogen (secondary N) is 3. The van der Waals surface area contributed by atoms with E-state index in [-0.39, 0.29) is 11.8 Å². The lowest BCUT2D eigenvalue weighted by atomic mass is 9.84. The van der Waals surface area contributed by atoms with Crippen molar-refractivity contribution in [1.29, 1.82) is 0 Å². The molecule has 7 nitrogen and oxygen atoms in total. The standard InChI is InChI=1S/C32H31N5O2/c1-20-28(32(39)35-23-11-15-33-16-12-23)29(22-7-4-3-5-8-22)27(34-20)19-25-30-24(21-13-17-37(2)18-14-21)9-6-10-26(30)36-31(25)38/h3-12,15-16,19,21,34H,13-14,17-18H2,1-2H3,(H,36,38)(H,33,35,39)/b25-19-. The van der Waals surface area contributed by atoms with Gasteiger partial charge in [-0.2, -0.15) is 0 Å². The van der Waals surface area contributed by atoms with E-state index >= 15 is 0 Å². The Labute approximate surface area is 228 Å². The minimum absolute atomic E-state index is 0.126. The molecular formula is C32H31N5O2. The highest BCUT2D eigenvalue weighted by Gasteiger charge is 2.32. The van der Waals surface area contributed by atoms with Gasteiger partial charge in [-0.1, -0.05) is 42.5 Å². The molecule has 6 rings (SSSR count). The Hall–Kier alpha value is -4.49. The van der Waals surface area contributed by atoms with E-state index in [0.29, 0.717) is 22.7 Å². The molecule has 0 bridgehead atoms. The van der Waals surface area contributed by atoms with Gasteiger partial charge in [-0.25, -0.2) is 0 Å². The lowest BCUT2D eigenvalue weighted by Crippen LogP contribution is -2.29. The smallest absolute Gasteiger partial charge is 0.258 e. The predicted octanol–water partition coefficient (Wildman–Crippen LogP) is 5.94. The number of aromatic nitrogens is 2. The number of nitrogens with zero attached hydrogens (tertiary/aromatic N) is 2. The van der Waals surface area contributed by atoms with Gasteiger partial charge in [0.2, 0.25) is 0 Å². The lowest BCUT2D eigenvalue weighted by Gasteiger charge is -2.30. The summed E-state index contributed by atoms with van der Waals surface area (Å²) in [5.74, 6) is 0.0501. The average molecular weight is 518 g/mol. The molecule has 2 aliphatic heterocycles. The van der Waals surface area contributed by atoms with E-state index in [9.17, 15) is 9.59 Å². The van der Waals surface area contributed by atoms with E-state index in [1.54, 1.807) is 24.5 Å². The van der Waals surface area contributed by atoms with Crippen LogP contribution in [0.3, 0.4) is 0 Å². The number of aryl methyl sites for hydroxylation is 1. The van der Waals surface area contributed by atoms with Crippen molar-refractivity contribution in [3.05, 3.63) is 101 Å². The SMILES string of the molecule is Cc1[nH]c(/C=C2\C(=O)Nc3cccc(C4CCN(C)CC4)c32)c(-c2ccccc2)c1C(=O)Nc1ccncc1. The van der Waals surface area contributed by atoms with Crippen molar-refractivity contribution in [3.8, 4) is 11.1 Å². The number of hydrogen-bond acceptors (Lipinski definition) is 4. The number of fused-ring (bicyclic) bond motifs is 1. The van der Waals surface area contributed by atoms with Gasteiger partial charge in [0, 0.05) is 46.3 Å². The van der Waals surface area contributed by atoms with Crippen LogP contribution >= 0.6 is 0 Å². The van der Waals surface area contributed by atoms with Crippen LogP contribution in [0.15, 0.2) is 73.1 Å². The number of likely N-dealkylation sites (tertiary alicyclic amines) is 1. The summed E-state index contributed by atoms with van der Waals surface area (Å²) in [5.41, 5.74) is 8.01. The first-order valence-corrected chi connectivity index (χ1v) is 13.3. The van der Waals surface area contributed by atoms with E-state index in [0.717, 1.165) is 59.7 Å². The number of carbonyl (C=O) groups is 2. The maximum Gasteiger partial charge on any atom is 0.258 e. The van der Waals surface area contributed by atoms with Crippen molar-refractivity contribution in [2.24, 2.45) is 0 Å². The molecule has 0 aliphatic carbocycles. The Balaban J connectivity index is 1.47. The average Bonchev–Trinajstić information content (AvgIpc) is 3.45. The van der Waals surface area contributed by atoms with Crippen LogP contribution in [0.5, 0.6) is 0 Å². The number of rotatable bonds is 5. The van der Waals surface area contributed by atoms with Gasteiger partial charge in [0.05, 0.1) is 11.1 Å². The Morgan fingerprint density at radius 2 is 1.74 bits per heavy atom. The zero-order valence-electron chi connectivity index (χ0n) is 22.1. The molecule has 196 valence electrons. The van der Waals surface area contributed by atoms with Crippen LogP contribution in [0.2, 0.25) is 0 Å². The minimum Gasteiger partial charge on any atom is -0.358 e. The van der Waals surface area contributed by atoms with Gasteiger partial charge in [-0.05, 0) is 81.2 Å². The zero-order valence-corrected chi connectivity index (χ0v) is 22.1. The quantitative estimate of drug-likeness (QED) is 0.286. The number of hydrogen-bond donors (Lipinski definition) is 3. The topological polar surface area (TPSA) is 90.1 Å². The van der Waals surface area contributed by atoms with Crippen molar-refractivity contribution in [2.45, 2.75) is 25.7 Å². The number of benzene rings is 2. The lowest BCUT2D eigenvalue weighted by molar-refractivity contribution is -0.110. The van der Waals surface area contributed by atoms with Crippen LogP contribution in [0, 0.1) is 6.92 Å². The summed E-state index contributed by atoms with van der Waals surface area (Å²) in [6.45, 7) is 3.97. The first-order valence-electron chi connectivity index (χ1n) is 13.3. The maximum atomic E-state index is 13.6. The molecule has 3 N–H and O–H groups in total. The molecule has 2 aromatic heterocycles. The van der Waals surface area contributed by atoms with Crippen LogP contribution in [0.1, 0.15) is 51.6 Å². The van der Waals surface area contributed by atoms with Crippen LogP contribution in [0.4, 0.5) is 11.4 Å². The van der Waals surface area contributed by atoms with Gasteiger partial charge < -0.3 is 20.5 Å². The molecule has 4 aromatic rings. The van der Waals surface area contributed by atoms with Gasteiger partial charge in [0.1, 0.15) is 0 Å². The third-order valence-electron chi connectivity index (χ3n) is 7.75. The monoisotopic (exact) mass is 517 g/mol. The molecule has 4 heterocycles. The van der Waals surface area contributed by atoms with Crippen LogP contribution < -0.4 is 10.6 Å². The molecule has 0 unspecified atom stereocenters. The number of aromatic amines is 1. The molecule has 2 aromatic carbocycles. The summed E-state index contributed by atoms with van der Waals surface area (Å²) in [6.07, 6.45) is 7.32. The zero-order chi connectivity index (χ0) is 26.9. The number of H-pyrrole nitrogens is 1. The fourth-order valence-electron chi connectivity index (χ4n) is 5.79. The fraction of sp³-hybridized carbons (Fsp3) is 0.219. The molecule has 0 saturated carbocycles. The van der Waals surface area contributed by atoms with Crippen molar-refractivity contribution in [1.82, 2.24) is 14.9 Å². The molecule has 39 heavy (non-hydrogen) atoms. The fourth-order valence-corrected chi connectivity index (χ4v) is 5.79. The Morgan fingerprint density at radius 3 is 2.49 bits per heavy atom. The van der Waals surface area contributed by atoms with Crippen molar-refractivity contribution in [3.63, 3.8) is 0 Å². The summed E-state index contributed by atoms with van der Waals surface area (Å²) in [7, 11) is 2.16.